The van der Waals surface area contributed by atoms with Crippen LogP contribution in [0.25, 0.3) is 0 Å². The summed E-state index contributed by atoms with van der Waals surface area (Å²) < 4.78 is 0. The molecule has 196 valence electrons. The number of hydrogen-bond acceptors (Lipinski definition) is 3. The molecule has 2 atom stereocenters. The van der Waals surface area contributed by atoms with Crippen LogP contribution in [0.2, 0.25) is 0 Å². The molecule has 1 heterocycles. The minimum absolute atomic E-state index is 0.0201. The van der Waals surface area contributed by atoms with Crippen molar-refractivity contribution in [1.82, 2.24) is 10.2 Å². The second kappa shape index (κ2) is 18.5. The van der Waals surface area contributed by atoms with Gasteiger partial charge in [0.05, 0.1) is 0 Å². The number of allylic oxidation sites excluding steroid dienone is 2. The lowest BCUT2D eigenvalue weighted by Crippen LogP contribution is -2.52. The maximum Gasteiger partial charge on any atom is 0.326 e. The zero-order valence-corrected chi connectivity index (χ0v) is 22.0. The van der Waals surface area contributed by atoms with Gasteiger partial charge >= 0.3 is 5.97 Å². The first-order valence-corrected chi connectivity index (χ1v) is 13.9. The standard InChI is InChI=1S/C28H50N2O4/c1-4-5-6-7-8-9-10-11-12-13-14-15-16-17-18-21-25(31)30-22-19-20-24(30)27(32)29-26(23(2)3)28(33)34/h11-12,23-24,26H,4-10,13-22H2,1-3H3,(H,29,32)(H,33,34)/b12-11-/t24-,26-/m0/s1. The molecule has 0 aromatic rings. The Kier molecular flexibility index (Phi) is 16.4. The predicted molar refractivity (Wildman–Crippen MR) is 139 cm³/mol. The number of likely N-dealkylation sites (tertiary alicyclic amines) is 1. The summed E-state index contributed by atoms with van der Waals surface area (Å²) in [6.07, 6.45) is 22.4. The van der Waals surface area contributed by atoms with Crippen LogP contribution in [-0.4, -0.2) is 46.4 Å². The third-order valence-electron chi connectivity index (χ3n) is 6.76. The van der Waals surface area contributed by atoms with Crippen LogP contribution >= 0.6 is 0 Å². The van der Waals surface area contributed by atoms with Crippen molar-refractivity contribution >= 4 is 17.8 Å². The van der Waals surface area contributed by atoms with Crippen molar-refractivity contribution in [2.24, 2.45) is 5.92 Å². The van der Waals surface area contributed by atoms with E-state index in [2.05, 4.69) is 24.4 Å². The van der Waals surface area contributed by atoms with Gasteiger partial charge in [-0.05, 0) is 50.9 Å². The molecule has 0 saturated carbocycles. The molecule has 1 fully saturated rings. The Morgan fingerprint density at radius 3 is 2.03 bits per heavy atom. The quantitative estimate of drug-likeness (QED) is 0.170. The molecule has 0 aromatic heterocycles. The first-order chi connectivity index (χ1) is 16.4. The Bertz CT molecular complexity index is 618. The third kappa shape index (κ3) is 12.6. The van der Waals surface area contributed by atoms with Crippen LogP contribution in [0.5, 0.6) is 0 Å². The number of amides is 2. The van der Waals surface area contributed by atoms with Crippen molar-refractivity contribution < 1.29 is 19.5 Å². The molecule has 34 heavy (non-hydrogen) atoms. The van der Waals surface area contributed by atoms with E-state index in [0.717, 1.165) is 32.1 Å². The van der Waals surface area contributed by atoms with Crippen LogP contribution in [0.1, 0.15) is 124 Å². The van der Waals surface area contributed by atoms with Gasteiger partial charge in [0.15, 0.2) is 0 Å². The topological polar surface area (TPSA) is 86.7 Å². The van der Waals surface area contributed by atoms with Crippen LogP contribution in [0.3, 0.4) is 0 Å². The normalized spacial score (nSPS) is 16.9. The molecule has 6 nitrogen and oxygen atoms in total. The van der Waals surface area contributed by atoms with Crippen molar-refractivity contribution in [3.63, 3.8) is 0 Å². The molecule has 0 spiro atoms. The Morgan fingerprint density at radius 2 is 1.47 bits per heavy atom. The highest BCUT2D eigenvalue weighted by Gasteiger charge is 2.36. The molecule has 0 radical (unpaired) electrons. The number of carbonyl (C=O) groups is 3. The minimum atomic E-state index is -1.03. The lowest BCUT2D eigenvalue weighted by Gasteiger charge is -2.26. The lowest BCUT2D eigenvalue weighted by atomic mass is 10.0. The fraction of sp³-hybridized carbons (Fsp3) is 0.821. The highest BCUT2D eigenvalue weighted by molar-refractivity contribution is 5.90. The zero-order valence-electron chi connectivity index (χ0n) is 22.0. The molecule has 1 aliphatic rings. The first kappa shape index (κ1) is 30.2. The number of rotatable bonds is 19. The van der Waals surface area contributed by atoms with Crippen LogP contribution < -0.4 is 5.32 Å². The van der Waals surface area contributed by atoms with Crippen molar-refractivity contribution in [1.29, 1.82) is 0 Å². The van der Waals surface area contributed by atoms with Crippen LogP contribution in [-0.2, 0) is 14.4 Å². The number of unbranched alkanes of at least 4 members (excludes halogenated alkanes) is 11. The van der Waals surface area contributed by atoms with E-state index in [1.54, 1.807) is 18.7 Å². The van der Waals surface area contributed by atoms with E-state index >= 15 is 0 Å². The number of hydrogen-bond donors (Lipinski definition) is 2. The fourth-order valence-electron chi connectivity index (χ4n) is 4.59. The maximum absolute atomic E-state index is 12.7. The summed E-state index contributed by atoms with van der Waals surface area (Å²) in [6, 6.07) is -1.45. The van der Waals surface area contributed by atoms with Gasteiger partial charge in [0.2, 0.25) is 11.8 Å². The molecule has 2 amide bonds. The van der Waals surface area contributed by atoms with Gasteiger partial charge in [-0.15, -0.1) is 0 Å². The molecule has 1 aliphatic heterocycles. The largest absolute Gasteiger partial charge is 0.480 e. The molecule has 1 rings (SSSR count). The van der Waals surface area contributed by atoms with Gasteiger partial charge in [0.1, 0.15) is 12.1 Å². The van der Waals surface area contributed by atoms with Gasteiger partial charge in [-0.2, -0.15) is 0 Å². The summed E-state index contributed by atoms with van der Waals surface area (Å²) >= 11 is 0. The Balaban J connectivity index is 2.13. The Morgan fingerprint density at radius 1 is 0.912 bits per heavy atom. The number of nitrogens with one attached hydrogen (secondary N) is 1. The Hall–Kier alpha value is -1.85. The van der Waals surface area contributed by atoms with Gasteiger partial charge in [0, 0.05) is 13.0 Å². The summed E-state index contributed by atoms with van der Waals surface area (Å²) in [5.74, 6) is -1.56. The van der Waals surface area contributed by atoms with Gasteiger partial charge in [-0.25, -0.2) is 4.79 Å². The van der Waals surface area contributed by atoms with E-state index in [1.165, 1.54) is 57.8 Å². The van der Waals surface area contributed by atoms with E-state index in [4.69, 9.17) is 0 Å². The Labute approximate surface area is 207 Å². The molecule has 6 heteroatoms. The third-order valence-corrected chi connectivity index (χ3v) is 6.76. The fourth-order valence-corrected chi connectivity index (χ4v) is 4.59. The predicted octanol–water partition coefficient (Wildman–Crippen LogP) is 6.24. The van der Waals surface area contributed by atoms with E-state index < -0.39 is 18.1 Å². The smallest absolute Gasteiger partial charge is 0.326 e. The molecule has 0 aromatic carbocycles. The monoisotopic (exact) mass is 478 g/mol. The number of carboxylic acid groups (broad SMARTS) is 1. The number of carbonyl (C=O) groups excluding carboxylic acids is 2. The average molecular weight is 479 g/mol. The van der Waals surface area contributed by atoms with E-state index in [1.807, 2.05) is 0 Å². The average Bonchev–Trinajstić information content (AvgIpc) is 3.29. The first-order valence-electron chi connectivity index (χ1n) is 13.9. The van der Waals surface area contributed by atoms with Gasteiger partial charge in [-0.1, -0.05) is 84.3 Å². The summed E-state index contributed by atoms with van der Waals surface area (Å²) in [5.41, 5.74) is 0. The molecular weight excluding hydrogens is 428 g/mol. The molecule has 1 saturated heterocycles. The van der Waals surface area contributed by atoms with Gasteiger partial charge in [0.25, 0.3) is 0 Å². The molecule has 2 N–H and O–H groups in total. The highest BCUT2D eigenvalue weighted by Crippen LogP contribution is 2.20. The van der Waals surface area contributed by atoms with Crippen LogP contribution in [0.4, 0.5) is 0 Å². The molecule has 0 aliphatic carbocycles. The van der Waals surface area contributed by atoms with Gasteiger partial charge < -0.3 is 15.3 Å². The maximum atomic E-state index is 12.7. The SMILES string of the molecule is CCCCCCCC/C=C\CCCCCCCC(=O)N1CCC[C@H]1C(=O)N[C@H](C(=O)O)C(C)C. The summed E-state index contributed by atoms with van der Waals surface area (Å²) in [6.45, 7) is 6.37. The second-order valence-corrected chi connectivity index (χ2v) is 10.1. The lowest BCUT2D eigenvalue weighted by molar-refractivity contribution is -0.145. The summed E-state index contributed by atoms with van der Waals surface area (Å²) in [4.78, 5) is 38.3. The second-order valence-electron chi connectivity index (χ2n) is 10.1. The zero-order chi connectivity index (χ0) is 25.2. The highest BCUT2D eigenvalue weighted by atomic mass is 16.4. The van der Waals surface area contributed by atoms with E-state index in [9.17, 15) is 19.5 Å². The van der Waals surface area contributed by atoms with Crippen molar-refractivity contribution in [3.05, 3.63) is 12.2 Å². The summed E-state index contributed by atoms with van der Waals surface area (Å²) in [7, 11) is 0. The number of nitrogens with zero attached hydrogens (tertiary/aromatic N) is 1. The van der Waals surface area contributed by atoms with Gasteiger partial charge in [-0.3, -0.25) is 9.59 Å². The van der Waals surface area contributed by atoms with E-state index in [0.29, 0.717) is 19.4 Å². The number of aliphatic carboxylic acids is 1. The van der Waals surface area contributed by atoms with Crippen LogP contribution in [0.15, 0.2) is 12.2 Å². The van der Waals surface area contributed by atoms with Crippen molar-refractivity contribution in [2.45, 2.75) is 136 Å². The molecule has 0 bridgehead atoms. The molecule has 0 unspecified atom stereocenters. The van der Waals surface area contributed by atoms with E-state index in [-0.39, 0.29) is 17.7 Å². The van der Waals surface area contributed by atoms with Crippen molar-refractivity contribution in [2.75, 3.05) is 6.54 Å². The molecular formula is C28H50N2O4. The number of carboxylic acids is 1. The summed E-state index contributed by atoms with van der Waals surface area (Å²) in [5, 5.41) is 11.9. The van der Waals surface area contributed by atoms with Crippen LogP contribution in [0, 0.1) is 5.92 Å². The minimum Gasteiger partial charge on any atom is -0.480 e. The van der Waals surface area contributed by atoms with Crippen molar-refractivity contribution in [3.8, 4) is 0 Å².